The number of non-ortho nitro benzene ring substituents is 1. The van der Waals surface area contributed by atoms with E-state index in [-0.39, 0.29) is 41.4 Å². The van der Waals surface area contributed by atoms with E-state index in [0.717, 1.165) is 10.9 Å². The van der Waals surface area contributed by atoms with Gasteiger partial charge in [-0.25, -0.2) is 15.1 Å². The van der Waals surface area contributed by atoms with E-state index in [1.807, 2.05) is 24.3 Å². The molecule has 0 saturated heterocycles. The number of nitrogens with zero attached hydrogens (tertiary/aromatic N) is 4. The van der Waals surface area contributed by atoms with Crippen molar-refractivity contribution in [1.82, 2.24) is 20.3 Å². The lowest BCUT2D eigenvalue weighted by Gasteiger charge is -2.04. The van der Waals surface area contributed by atoms with E-state index in [9.17, 15) is 29.8 Å². The number of hydrogen-bond donors (Lipinski definition) is 4. The van der Waals surface area contributed by atoms with E-state index in [2.05, 4.69) is 15.3 Å². The number of hydrogen-bond acceptors (Lipinski definition) is 7. The van der Waals surface area contributed by atoms with Crippen LogP contribution in [0.5, 0.6) is 0 Å². The molecule has 1 aliphatic heterocycles. The van der Waals surface area contributed by atoms with Crippen molar-refractivity contribution in [3.05, 3.63) is 86.2 Å². The fourth-order valence-electron chi connectivity index (χ4n) is 4.68. The van der Waals surface area contributed by atoms with Crippen LogP contribution in [0.15, 0.2) is 59.9 Å². The number of nitrogens with two attached hydrogens (primary N) is 1. The number of carbonyl (C=O) groups excluding carboxylic acids is 2. The molecule has 2 amide bonds. The van der Waals surface area contributed by atoms with Crippen molar-refractivity contribution in [2.24, 2.45) is 10.7 Å². The number of aliphatic imine (C=N–C) groups is 1. The number of nitrogens with one attached hydrogen (secondary N) is 3. The number of aryl methyl sites for hydroxylation is 1. The molecule has 0 fully saturated rings. The summed E-state index contributed by atoms with van der Waals surface area (Å²) in [6.07, 6.45) is 3.58. The van der Waals surface area contributed by atoms with Crippen molar-refractivity contribution >= 4 is 56.4 Å². The number of imide groups is 1. The number of benzene rings is 2. The van der Waals surface area contributed by atoms with Crippen LogP contribution in [0.25, 0.3) is 33.0 Å². The highest BCUT2D eigenvalue weighted by atomic mass is 16.7. The first kappa shape index (κ1) is 24.2. The number of rotatable bonds is 8. The summed E-state index contributed by atoms with van der Waals surface area (Å²) in [5.41, 5.74) is 9.24. The Morgan fingerprint density at radius 2 is 1.71 bits per heavy atom. The molecular weight excluding hydrogens is 496 g/mol. The Labute approximate surface area is 213 Å². The van der Waals surface area contributed by atoms with Gasteiger partial charge in [-0.05, 0) is 12.5 Å². The highest BCUT2D eigenvalue weighted by molar-refractivity contribution is 6.50. The quantitative estimate of drug-likeness (QED) is 0.0680. The SMILES string of the molecule is NC(=NCCCn1cc(C2=C(c3c[nH]c4ccccc34)C(=O)NC2=O)c2cccc([N+](=O)[O-])c21)N[N+](=O)[O-]. The molecule has 14 nitrogen and oxygen atoms in total. The maximum absolute atomic E-state index is 13.1. The lowest BCUT2D eigenvalue weighted by molar-refractivity contribution is -0.525. The third-order valence-electron chi connectivity index (χ3n) is 6.18. The van der Waals surface area contributed by atoms with Crippen molar-refractivity contribution in [2.75, 3.05) is 6.54 Å². The Kier molecular flexibility index (Phi) is 6.04. The van der Waals surface area contributed by atoms with Crippen LogP contribution in [0.4, 0.5) is 5.69 Å². The molecule has 14 heteroatoms. The molecule has 0 unspecified atom stereocenters. The molecule has 38 heavy (non-hydrogen) atoms. The summed E-state index contributed by atoms with van der Waals surface area (Å²) in [5.74, 6) is -1.54. The third kappa shape index (κ3) is 4.19. The molecule has 0 spiro atoms. The van der Waals surface area contributed by atoms with Gasteiger partial charge in [-0.3, -0.25) is 25.0 Å². The van der Waals surface area contributed by atoms with Gasteiger partial charge in [-0.2, -0.15) is 0 Å². The molecule has 4 aromatic rings. The van der Waals surface area contributed by atoms with Gasteiger partial charge in [0.25, 0.3) is 23.5 Å². The largest absolute Gasteiger partial charge is 0.365 e. The molecular formula is C24H20N8O6. The number of H-pyrrole nitrogens is 1. The Hall–Kier alpha value is -5.53. The first-order valence-electron chi connectivity index (χ1n) is 11.4. The van der Waals surface area contributed by atoms with Crippen molar-refractivity contribution in [2.45, 2.75) is 13.0 Å². The summed E-state index contributed by atoms with van der Waals surface area (Å²) in [4.78, 5) is 54.9. The summed E-state index contributed by atoms with van der Waals surface area (Å²) in [7, 11) is 0. The van der Waals surface area contributed by atoms with Crippen molar-refractivity contribution in [3.63, 3.8) is 0 Å². The minimum atomic E-state index is -0.832. The van der Waals surface area contributed by atoms with Gasteiger partial charge < -0.3 is 15.3 Å². The number of nitro benzene ring substituents is 1. The third-order valence-corrected chi connectivity index (χ3v) is 6.18. The second kappa shape index (κ2) is 9.50. The van der Waals surface area contributed by atoms with Crippen LogP contribution >= 0.6 is 0 Å². The smallest absolute Gasteiger partial charge is 0.293 e. The number of para-hydroxylation sites is 2. The molecule has 5 N–H and O–H groups in total. The summed E-state index contributed by atoms with van der Waals surface area (Å²) in [5, 5.41) is 25.0. The topological polar surface area (TPSA) is 204 Å². The van der Waals surface area contributed by atoms with Crippen LogP contribution in [-0.4, -0.2) is 43.8 Å². The van der Waals surface area contributed by atoms with Crippen LogP contribution < -0.4 is 16.5 Å². The number of fused-ring (bicyclic) bond motifs is 2. The van der Waals surface area contributed by atoms with Gasteiger partial charge in [-0.1, -0.05) is 35.8 Å². The lowest BCUT2D eigenvalue weighted by Crippen LogP contribution is -2.36. The molecule has 2 aromatic heterocycles. The number of hydrazine groups is 1. The maximum atomic E-state index is 13.1. The second-order valence-electron chi connectivity index (χ2n) is 8.44. The zero-order valence-corrected chi connectivity index (χ0v) is 19.6. The van der Waals surface area contributed by atoms with Crippen LogP contribution in [0, 0.1) is 20.2 Å². The average molecular weight is 516 g/mol. The predicted molar refractivity (Wildman–Crippen MR) is 138 cm³/mol. The van der Waals surface area contributed by atoms with E-state index >= 15 is 0 Å². The lowest BCUT2D eigenvalue weighted by atomic mass is 9.95. The fraction of sp³-hybridized carbons (Fsp3) is 0.125. The standard InChI is InChI=1S/C24H20N8O6/c25-24(29-32(37)38)26-9-4-10-30-12-16(14-6-3-8-18(21(14)30)31(35)36)20-19(22(33)28-23(20)34)15-11-27-17-7-2-1-5-13(15)17/h1-3,5-8,11-12,27H,4,9-10H2,(H3,25,26,29)(H,28,33,34). The highest BCUT2D eigenvalue weighted by Gasteiger charge is 2.35. The minimum absolute atomic E-state index is 0.102. The number of guanidine groups is 1. The minimum Gasteiger partial charge on any atom is -0.365 e. The molecule has 0 bridgehead atoms. The normalized spacial score (nSPS) is 13.9. The molecule has 1 aliphatic rings. The number of carbonyl (C=O) groups is 2. The molecule has 0 saturated carbocycles. The summed E-state index contributed by atoms with van der Waals surface area (Å²) in [6, 6.07) is 11.9. The molecule has 0 radical (unpaired) electrons. The molecule has 0 atom stereocenters. The van der Waals surface area contributed by atoms with Gasteiger partial charge in [-0.15, -0.1) is 0 Å². The van der Waals surface area contributed by atoms with E-state index < -0.39 is 21.8 Å². The van der Waals surface area contributed by atoms with E-state index in [0.29, 0.717) is 22.9 Å². The molecule has 192 valence electrons. The first-order valence-corrected chi connectivity index (χ1v) is 11.4. The molecule has 3 heterocycles. The van der Waals surface area contributed by atoms with Crippen LogP contribution in [-0.2, 0) is 16.1 Å². The van der Waals surface area contributed by atoms with E-state index in [1.54, 1.807) is 28.5 Å². The number of nitro groups is 2. The molecule has 0 aliphatic carbocycles. The van der Waals surface area contributed by atoms with Crippen LogP contribution in [0.1, 0.15) is 17.5 Å². The van der Waals surface area contributed by atoms with Gasteiger partial charge >= 0.3 is 0 Å². The number of amides is 2. The molecule has 5 rings (SSSR count). The monoisotopic (exact) mass is 516 g/mol. The van der Waals surface area contributed by atoms with Gasteiger partial charge in [0.05, 0.1) is 16.1 Å². The summed E-state index contributed by atoms with van der Waals surface area (Å²) in [6.45, 7) is 0.326. The molecule has 2 aromatic carbocycles. The fourth-order valence-corrected chi connectivity index (χ4v) is 4.68. The summed E-state index contributed by atoms with van der Waals surface area (Å²) < 4.78 is 1.62. The Morgan fingerprint density at radius 3 is 2.45 bits per heavy atom. The van der Waals surface area contributed by atoms with E-state index in [1.165, 1.54) is 12.1 Å². The maximum Gasteiger partial charge on any atom is 0.293 e. The Morgan fingerprint density at radius 1 is 1.00 bits per heavy atom. The Balaban J connectivity index is 1.64. The van der Waals surface area contributed by atoms with E-state index in [4.69, 9.17) is 5.73 Å². The van der Waals surface area contributed by atoms with Crippen molar-refractivity contribution < 1.29 is 19.5 Å². The van der Waals surface area contributed by atoms with Crippen LogP contribution in [0.3, 0.4) is 0 Å². The van der Waals surface area contributed by atoms with Gasteiger partial charge in [0.15, 0.2) is 5.03 Å². The zero-order chi connectivity index (χ0) is 27.0. The highest BCUT2D eigenvalue weighted by Crippen LogP contribution is 2.40. The van der Waals surface area contributed by atoms with Crippen molar-refractivity contribution in [3.8, 4) is 0 Å². The second-order valence-corrected chi connectivity index (χ2v) is 8.44. The van der Waals surface area contributed by atoms with Gasteiger partial charge in [0.1, 0.15) is 5.52 Å². The number of aromatic amines is 1. The number of aromatic nitrogens is 2. The van der Waals surface area contributed by atoms with Gasteiger partial charge in [0.2, 0.25) is 0 Å². The Bertz CT molecular complexity index is 1710. The average Bonchev–Trinajstić information content (AvgIpc) is 3.53. The van der Waals surface area contributed by atoms with Crippen LogP contribution in [0.2, 0.25) is 0 Å². The zero-order valence-electron chi connectivity index (χ0n) is 19.6. The predicted octanol–water partition coefficient (Wildman–Crippen LogP) is 2.08. The van der Waals surface area contributed by atoms with Crippen molar-refractivity contribution in [1.29, 1.82) is 0 Å². The van der Waals surface area contributed by atoms with Gasteiger partial charge in [0, 0.05) is 59.0 Å². The summed E-state index contributed by atoms with van der Waals surface area (Å²) >= 11 is 0. The first-order chi connectivity index (χ1) is 18.3.